The Hall–Kier alpha value is -3.32. The minimum atomic E-state index is -0.772. The number of likely N-dealkylation sites (tertiary alicyclic amines) is 1. The molecule has 1 aliphatic rings. The van der Waals surface area contributed by atoms with Gasteiger partial charge in [0.25, 0.3) is 11.7 Å². The Morgan fingerprint density at radius 1 is 1.09 bits per heavy atom. The summed E-state index contributed by atoms with van der Waals surface area (Å²) in [6.07, 6.45) is 0.664. The van der Waals surface area contributed by atoms with E-state index in [2.05, 4.69) is 20.8 Å². The zero-order chi connectivity index (χ0) is 25.2. The van der Waals surface area contributed by atoms with E-state index >= 15 is 0 Å². The van der Waals surface area contributed by atoms with Crippen molar-refractivity contribution in [1.29, 1.82) is 0 Å². The quantitative estimate of drug-likeness (QED) is 0.363. The number of hydrogen-bond acceptors (Lipinski definition) is 6. The summed E-state index contributed by atoms with van der Waals surface area (Å²) in [6, 6.07) is 11.1. The van der Waals surface area contributed by atoms with Crippen molar-refractivity contribution in [3.63, 3.8) is 0 Å². The number of Topliss-reactive ketones (excluding diaryl/α,β-unsaturated/α-hetero) is 1. The van der Waals surface area contributed by atoms with Gasteiger partial charge in [-0.1, -0.05) is 39.0 Å². The molecule has 0 spiro atoms. The van der Waals surface area contributed by atoms with Crippen molar-refractivity contribution in [3.8, 4) is 11.5 Å². The Labute approximate surface area is 201 Å². The Bertz CT molecular complexity index is 1100. The predicted octanol–water partition coefficient (Wildman–Crippen LogP) is 4.07. The molecule has 0 radical (unpaired) electrons. The normalized spacial score (nSPS) is 18.1. The van der Waals surface area contributed by atoms with E-state index in [9.17, 15) is 19.8 Å². The second kappa shape index (κ2) is 9.89. The Morgan fingerprint density at radius 2 is 1.74 bits per heavy atom. The standard InChI is InChI=1S/C27H34N2O5/c1-27(2,3)18-10-13-21(34-6)20(16-18)24(31)22-23(17-8-11-19(30)12-9-17)29(26(33)25(22)32)15-7-14-28(4)5/h8-13,16,23,30-31H,7,14-15H2,1-6H3/b24-22+. The van der Waals surface area contributed by atoms with E-state index in [-0.39, 0.29) is 22.5 Å². The van der Waals surface area contributed by atoms with Gasteiger partial charge in [-0.2, -0.15) is 0 Å². The Morgan fingerprint density at radius 3 is 2.29 bits per heavy atom. The fourth-order valence-electron chi connectivity index (χ4n) is 4.18. The maximum Gasteiger partial charge on any atom is 0.295 e. The first-order valence-electron chi connectivity index (χ1n) is 11.4. The number of aliphatic hydroxyl groups is 1. The van der Waals surface area contributed by atoms with Crippen LogP contribution < -0.4 is 4.74 Å². The molecule has 182 valence electrons. The van der Waals surface area contributed by atoms with Gasteiger partial charge in [0, 0.05) is 6.54 Å². The molecule has 1 saturated heterocycles. The highest BCUT2D eigenvalue weighted by Crippen LogP contribution is 2.42. The Balaban J connectivity index is 2.19. The van der Waals surface area contributed by atoms with Crippen LogP contribution >= 0.6 is 0 Å². The van der Waals surface area contributed by atoms with Crippen LogP contribution in [0.25, 0.3) is 5.76 Å². The lowest BCUT2D eigenvalue weighted by molar-refractivity contribution is -0.139. The smallest absolute Gasteiger partial charge is 0.295 e. The second-order valence-corrected chi connectivity index (χ2v) is 9.91. The van der Waals surface area contributed by atoms with Crippen molar-refractivity contribution in [1.82, 2.24) is 9.80 Å². The number of methoxy groups -OCH3 is 1. The number of ketones is 1. The van der Waals surface area contributed by atoms with Crippen LogP contribution in [0, 0.1) is 0 Å². The van der Waals surface area contributed by atoms with E-state index in [0.717, 1.165) is 12.1 Å². The van der Waals surface area contributed by atoms with Crippen LogP contribution in [0.15, 0.2) is 48.0 Å². The fourth-order valence-corrected chi connectivity index (χ4v) is 4.18. The second-order valence-electron chi connectivity index (χ2n) is 9.91. The molecule has 2 aromatic rings. The number of benzene rings is 2. The lowest BCUT2D eigenvalue weighted by atomic mass is 9.85. The number of ether oxygens (including phenoxy) is 1. The molecule has 0 saturated carbocycles. The highest BCUT2D eigenvalue weighted by molar-refractivity contribution is 6.46. The van der Waals surface area contributed by atoms with Gasteiger partial charge in [-0.15, -0.1) is 0 Å². The first-order valence-corrected chi connectivity index (χ1v) is 11.4. The first kappa shape index (κ1) is 25.3. The SMILES string of the molecule is COc1ccc(C(C)(C)C)cc1/C(O)=C1\C(=O)C(=O)N(CCCN(C)C)C1c1ccc(O)cc1. The highest BCUT2D eigenvalue weighted by atomic mass is 16.5. The molecule has 0 aromatic heterocycles. The molecule has 0 aliphatic carbocycles. The van der Waals surface area contributed by atoms with Crippen molar-refractivity contribution in [2.24, 2.45) is 0 Å². The summed E-state index contributed by atoms with van der Waals surface area (Å²) in [5.41, 5.74) is 1.77. The molecule has 7 nitrogen and oxygen atoms in total. The van der Waals surface area contributed by atoms with Gasteiger partial charge in [0.1, 0.15) is 17.3 Å². The minimum Gasteiger partial charge on any atom is -0.508 e. The van der Waals surface area contributed by atoms with Crippen molar-refractivity contribution in [3.05, 3.63) is 64.7 Å². The zero-order valence-electron chi connectivity index (χ0n) is 20.8. The number of carbonyl (C=O) groups excluding carboxylic acids is 2. The van der Waals surface area contributed by atoms with Crippen LogP contribution in [0.4, 0.5) is 0 Å². The number of hydrogen-bond donors (Lipinski definition) is 2. The molecule has 7 heteroatoms. The molecule has 1 aliphatic heterocycles. The number of phenols is 1. The van der Waals surface area contributed by atoms with Crippen molar-refractivity contribution in [2.45, 2.75) is 38.6 Å². The van der Waals surface area contributed by atoms with Crippen LogP contribution in [0.2, 0.25) is 0 Å². The van der Waals surface area contributed by atoms with Gasteiger partial charge in [0.05, 0.1) is 24.3 Å². The summed E-state index contributed by atoms with van der Waals surface area (Å²) in [6.45, 7) is 7.26. The third kappa shape index (κ3) is 5.09. The van der Waals surface area contributed by atoms with E-state index < -0.39 is 17.7 Å². The molecule has 2 N–H and O–H groups in total. The molecule has 1 fully saturated rings. The number of carbonyl (C=O) groups is 2. The molecule has 34 heavy (non-hydrogen) atoms. The monoisotopic (exact) mass is 466 g/mol. The average Bonchev–Trinajstić information content (AvgIpc) is 3.03. The topological polar surface area (TPSA) is 90.3 Å². The highest BCUT2D eigenvalue weighted by Gasteiger charge is 2.46. The summed E-state index contributed by atoms with van der Waals surface area (Å²) >= 11 is 0. The van der Waals surface area contributed by atoms with Crippen LogP contribution in [0.1, 0.15) is 49.9 Å². The summed E-state index contributed by atoms with van der Waals surface area (Å²) in [5.74, 6) is -1.16. The first-order chi connectivity index (χ1) is 16.0. The number of nitrogens with zero attached hydrogens (tertiary/aromatic N) is 2. The van der Waals surface area contributed by atoms with E-state index in [0.29, 0.717) is 29.8 Å². The molecular formula is C27H34N2O5. The zero-order valence-corrected chi connectivity index (χ0v) is 20.8. The van der Waals surface area contributed by atoms with Crippen molar-refractivity contribution >= 4 is 17.4 Å². The van der Waals surface area contributed by atoms with Crippen LogP contribution in [-0.4, -0.2) is 66.0 Å². The van der Waals surface area contributed by atoms with Gasteiger partial charge in [0.15, 0.2) is 0 Å². The molecule has 1 atom stereocenters. The van der Waals surface area contributed by atoms with E-state index in [1.54, 1.807) is 18.2 Å². The third-order valence-corrected chi connectivity index (χ3v) is 6.07. The van der Waals surface area contributed by atoms with Crippen molar-refractivity contribution < 1.29 is 24.5 Å². The maximum absolute atomic E-state index is 13.2. The predicted molar refractivity (Wildman–Crippen MR) is 132 cm³/mol. The molecule has 1 amide bonds. The lowest BCUT2D eigenvalue weighted by Gasteiger charge is -2.26. The molecule has 0 bridgehead atoms. The van der Waals surface area contributed by atoms with Crippen LogP contribution in [0.5, 0.6) is 11.5 Å². The summed E-state index contributed by atoms with van der Waals surface area (Å²) < 4.78 is 5.49. The van der Waals surface area contributed by atoms with Crippen molar-refractivity contribution in [2.75, 3.05) is 34.3 Å². The lowest BCUT2D eigenvalue weighted by Crippen LogP contribution is -2.32. The number of phenolic OH excluding ortho intramolecular Hbond substituents is 1. The van der Waals surface area contributed by atoms with Gasteiger partial charge >= 0.3 is 0 Å². The maximum atomic E-state index is 13.2. The van der Waals surface area contributed by atoms with Gasteiger partial charge in [-0.25, -0.2) is 0 Å². The van der Waals surface area contributed by atoms with Gasteiger partial charge < -0.3 is 24.7 Å². The molecule has 2 aromatic carbocycles. The van der Waals surface area contributed by atoms with Crippen LogP contribution in [-0.2, 0) is 15.0 Å². The molecular weight excluding hydrogens is 432 g/mol. The summed E-state index contributed by atoms with van der Waals surface area (Å²) in [5, 5.41) is 21.2. The Kier molecular flexibility index (Phi) is 7.36. The van der Waals surface area contributed by atoms with E-state index in [1.807, 2.05) is 31.1 Å². The third-order valence-electron chi connectivity index (χ3n) is 6.07. The largest absolute Gasteiger partial charge is 0.508 e. The number of rotatable bonds is 7. The molecule has 3 rings (SSSR count). The number of aliphatic hydroxyl groups excluding tert-OH is 1. The van der Waals surface area contributed by atoms with Gasteiger partial charge in [-0.3, -0.25) is 9.59 Å². The average molecular weight is 467 g/mol. The van der Waals surface area contributed by atoms with E-state index in [1.165, 1.54) is 24.1 Å². The minimum absolute atomic E-state index is 0.0184. The summed E-state index contributed by atoms with van der Waals surface area (Å²) in [4.78, 5) is 29.9. The van der Waals surface area contributed by atoms with Crippen LogP contribution in [0.3, 0.4) is 0 Å². The molecule has 1 heterocycles. The van der Waals surface area contributed by atoms with Gasteiger partial charge in [-0.05, 0) is 67.9 Å². The van der Waals surface area contributed by atoms with Gasteiger partial charge in [0.2, 0.25) is 0 Å². The summed E-state index contributed by atoms with van der Waals surface area (Å²) in [7, 11) is 5.39. The fraction of sp³-hybridized carbons (Fsp3) is 0.407. The van der Waals surface area contributed by atoms with E-state index in [4.69, 9.17) is 4.74 Å². The molecule has 1 unspecified atom stereocenters. The number of aromatic hydroxyl groups is 1. The number of amides is 1.